The Morgan fingerprint density at radius 3 is 2.20 bits per heavy atom. The van der Waals surface area contributed by atoms with Crippen LogP contribution >= 0.6 is 0 Å². The van der Waals surface area contributed by atoms with E-state index in [2.05, 4.69) is 26.1 Å². The fourth-order valence-corrected chi connectivity index (χ4v) is 5.09. The summed E-state index contributed by atoms with van der Waals surface area (Å²) < 4.78 is 33.6. The van der Waals surface area contributed by atoms with Gasteiger partial charge in [0.2, 0.25) is 5.91 Å². The molecule has 0 bridgehead atoms. The number of carbonyl (C=O) groups is 1. The molecule has 0 radical (unpaired) electrons. The fourth-order valence-electron chi connectivity index (χ4n) is 3.65. The number of hydrogen-bond donors (Lipinski definition) is 1. The van der Waals surface area contributed by atoms with Gasteiger partial charge in [-0.05, 0) is 59.9 Å². The van der Waals surface area contributed by atoms with Crippen LogP contribution in [-0.2, 0) is 21.2 Å². The predicted molar refractivity (Wildman–Crippen MR) is 140 cm³/mol. The van der Waals surface area contributed by atoms with E-state index in [-0.39, 0.29) is 24.6 Å². The molecule has 0 spiro atoms. The van der Waals surface area contributed by atoms with E-state index in [1.54, 1.807) is 30.3 Å². The van der Waals surface area contributed by atoms with Crippen molar-refractivity contribution in [3.05, 3.63) is 90.0 Å². The molecule has 3 rings (SSSR count). The van der Waals surface area contributed by atoms with Crippen molar-refractivity contribution >= 4 is 21.6 Å². The van der Waals surface area contributed by atoms with E-state index in [0.29, 0.717) is 11.6 Å². The van der Waals surface area contributed by atoms with Gasteiger partial charge in [-0.1, -0.05) is 69.7 Å². The second-order valence-electron chi connectivity index (χ2n) is 8.66. The summed E-state index contributed by atoms with van der Waals surface area (Å²) in [6.07, 6.45) is 2.12. The molecule has 6 nitrogen and oxygen atoms in total. The van der Waals surface area contributed by atoms with E-state index in [9.17, 15) is 13.2 Å². The molecule has 0 aliphatic carbocycles. The first-order valence-electron chi connectivity index (χ1n) is 12.0. The molecule has 1 N–H and O–H groups in total. The van der Waals surface area contributed by atoms with Crippen LogP contribution in [0.15, 0.2) is 83.8 Å². The van der Waals surface area contributed by atoms with Gasteiger partial charge < -0.3 is 10.1 Å². The molecule has 35 heavy (non-hydrogen) atoms. The van der Waals surface area contributed by atoms with Gasteiger partial charge in [0.05, 0.1) is 17.1 Å². The summed E-state index contributed by atoms with van der Waals surface area (Å²) in [6, 6.07) is 23.3. The zero-order valence-corrected chi connectivity index (χ0v) is 21.4. The van der Waals surface area contributed by atoms with Gasteiger partial charge >= 0.3 is 0 Å². The molecule has 0 aromatic heterocycles. The van der Waals surface area contributed by atoms with Crippen molar-refractivity contribution in [3.8, 4) is 5.75 Å². The van der Waals surface area contributed by atoms with Crippen LogP contribution < -0.4 is 14.4 Å². The number of nitrogens with one attached hydrogen (secondary N) is 1. The van der Waals surface area contributed by atoms with Crippen molar-refractivity contribution in [1.29, 1.82) is 0 Å². The lowest BCUT2D eigenvalue weighted by molar-refractivity contribution is -0.119. The molecule has 186 valence electrons. The number of sulfonamides is 1. The smallest absolute Gasteiger partial charge is 0.264 e. The van der Waals surface area contributed by atoms with Crippen LogP contribution in [0.25, 0.3) is 0 Å². The standard InChI is InChI=1S/C28H34N2O4S/c1-4-8-23-11-17-26(18-12-23)34-20-19-29-28(31)21-30(25-15-13-24(14-16-25)22(2)3)35(32,33)27-9-6-5-7-10-27/h5-7,9-18,22H,4,8,19-21H2,1-3H3,(H,29,31). The Morgan fingerprint density at radius 2 is 1.60 bits per heavy atom. The Labute approximate surface area is 209 Å². The first-order chi connectivity index (χ1) is 16.8. The molecule has 0 fully saturated rings. The van der Waals surface area contributed by atoms with E-state index in [0.717, 1.165) is 28.5 Å². The van der Waals surface area contributed by atoms with Crippen LogP contribution in [0.5, 0.6) is 5.75 Å². The van der Waals surface area contributed by atoms with Crippen LogP contribution in [0.2, 0.25) is 0 Å². The minimum absolute atomic E-state index is 0.135. The van der Waals surface area contributed by atoms with Crippen LogP contribution in [-0.4, -0.2) is 34.0 Å². The fraction of sp³-hybridized carbons (Fsp3) is 0.321. The molecule has 3 aromatic carbocycles. The van der Waals surface area contributed by atoms with Gasteiger partial charge in [0.25, 0.3) is 10.0 Å². The molecule has 0 saturated carbocycles. The van der Waals surface area contributed by atoms with Crippen molar-refractivity contribution in [2.45, 2.75) is 44.4 Å². The third-order valence-corrected chi connectivity index (χ3v) is 7.41. The van der Waals surface area contributed by atoms with E-state index in [1.807, 2.05) is 36.4 Å². The summed E-state index contributed by atoms with van der Waals surface area (Å²) in [4.78, 5) is 12.9. The number of amides is 1. The summed E-state index contributed by atoms with van der Waals surface area (Å²) in [5.74, 6) is 0.645. The van der Waals surface area contributed by atoms with Crippen molar-refractivity contribution in [2.75, 3.05) is 24.0 Å². The highest BCUT2D eigenvalue weighted by molar-refractivity contribution is 7.92. The monoisotopic (exact) mass is 494 g/mol. The average Bonchev–Trinajstić information content (AvgIpc) is 2.87. The Balaban J connectivity index is 1.66. The molecule has 0 heterocycles. The zero-order valence-electron chi connectivity index (χ0n) is 20.6. The van der Waals surface area contributed by atoms with Gasteiger partial charge in [0, 0.05) is 0 Å². The molecule has 0 atom stereocenters. The van der Waals surface area contributed by atoms with Gasteiger partial charge in [-0.15, -0.1) is 0 Å². The average molecular weight is 495 g/mol. The minimum Gasteiger partial charge on any atom is -0.492 e. The summed E-state index contributed by atoms with van der Waals surface area (Å²) in [5, 5.41) is 2.77. The third-order valence-electron chi connectivity index (χ3n) is 5.62. The Kier molecular flexibility index (Phi) is 9.32. The largest absolute Gasteiger partial charge is 0.492 e. The summed E-state index contributed by atoms with van der Waals surface area (Å²) in [5.41, 5.74) is 2.79. The first-order valence-corrected chi connectivity index (χ1v) is 13.4. The van der Waals surface area contributed by atoms with Gasteiger partial charge in [0.1, 0.15) is 18.9 Å². The second-order valence-corrected chi connectivity index (χ2v) is 10.5. The third kappa shape index (κ3) is 7.33. The van der Waals surface area contributed by atoms with E-state index >= 15 is 0 Å². The highest BCUT2D eigenvalue weighted by atomic mass is 32.2. The number of benzene rings is 3. The lowest BCUT2D eigenvalue weighted by Crippen LogP contribution is -2.41. The number of nitrogens with zero attached hydrogens (tertiary/aromatic N) is 1. The lowest BCUT2D eigenvalue weighted by Gasteiger charge is -2.24. The zero-order chi connectivity index (χ0) is 25.3. The maximum Gasteiger partial charge on any atom is 0.264 e. The van der Waals surface area contributed by atoms with Gasteiger partial charge in [-0.2, -0.15) is 0 Å². The van der Waals surface area contributed by atoms with Gasteiger partial charge in [0.15, 0.2) is 0 Å². The maximum absolute atomic E-state index is 13.4. The SMILES string of the molecule is CCCc1ccc(OCCNC(=O)CN(c2ccc(C(C)C)cc2)S(=O)(=O)c2ccccc2)cc1. The Bertz CT molecular complexity index is 1180. The molecule has 0 unspecified atom stereocenters. The molecular formula is C28H34N2O4S. The Morgan fingerprint density at radius 1 is 0.943 bits per heavy atom. The maximum atomic E-state index is 13.4. The predicted octanol–water partition coefficient (Wildman–Crippen LogP) is 5.15. The van der Waals surface area contributed by atoms with Crippen molar-refractivity contribution in [2.24, 2.45) is 0 Å². The van der Waals surface area contributed by atoms with Gasteiger partial charge in [-0.25, -0.2) is 8.42 Å². The van der Waals surface area contributed by atoms with E-state index < -0.39 is 15.9 Å². The van der Waals surface area contributed by atoms with Crippen molar-refractivity contribution in [3.63, 3.8) is 0 Å². The molecule has 3 aromatic rings. The van der Waals surface area contributed by atoms with E-state index in [4.69, 9.17) is 4.74 Å². The number of rotatable bonds is 12. The normalized spacial score (nSPS) is 11.3. The molecule has 1 amide bonds. The van der Waals surface area contributed by atoms with Crippen LogP contribution in [0.1, 0.15) is 44.2 Å². The highest BCUT2D eigenvalue weighted by Crippen LogP contribution is 2.25. The second kappa shape index (κ2) is 12.4. The van der Waals surface area contributed by atoms with Crippen LogP contribution in [0.3, 0.4) is 0 Å². The summed E-state index contributed by atoms with van der Waals surface area (Å²) in [7, 11) is -3.92. The molecule has 0 aliphatic rings. The number of hydrogen-bond acceptors (Lipinski definition) is 4. The number of anilines is 1. The Hall–Kier alpha value is -3.32. The van der Waals surface area contributed by atoms with E-state index in [1.165, 1.54) is 17.7 Å². The van der Waals surface area contributed by atoms with Crippen LogP contribution in [0.4, 0.5) is 5.69 Å². The molecule has 0 saturated heterocycles. The summed E-state index contributed by atoms with van der Waals surface area (Å²) >= 11 is 0. The van der Waals surface area contributed by atoms with Crippen LogP contribution in [0, 0.1) is 0 Å². The number of carbonyl (C=O) groups excluding carboxylic acids is 1. The number of aryl methyl sites for hydroxylation is 1. The van der Waals surface area contributed by atoms with Crippen molar-refractivity contribution < 1.29 is 17.9 Å². The minimum atomic E-state index is -3.92. The van der Waals surface area contributed by atoms with Crippen molar-refractivity contribution in [1.82, 2.24) is 5.32 Å². The molecule has 7 heteroatoms. The highest BCUT2D eigenvalue weighted by Gasteiger charge is 2.27. The molecule has 0 aliphatic heterocycles. The van der Waals surface area contributed by atoms with Gasteiger partial charge in [-0.3, -0.25) is 9.10 Å². The number of ether oxygens (including phenoxy) is 1. The molecular weight excluding hydrogens is 460 g/mol. The lowest BCUT2D eigenvalue weighted by atomic mass is 10.0. The topological polar surface area (TPSA) is 75.7 Å². The quantitative estimate of drug-likeness (QED) is 0.353. The first kappa shape index (κ1) is 26.3. The summed E-state index contributed by atoms with van der Waals surface area (Å²) in [6.45, 7) is 6.50.